The fourth-order valence-corrected chi connectivity index (χ4v) is 6.22. The van der Waals surface area contributed by atoms with Crippen LogP contribution >= 0.6 is 22.6 Å². The maximum atomic E-state index is 13.0. The van der Waals surface area contributed by atoms with E-state index >= 15 is 0 Å². The molecule has 0 aromatic heterocycles. The Bertz CT molecular complexity index is 717. The minimum Gasteiger partial charge on any atom is -0.375 e. The molecule has 2 fully saturated rings. The van der Waals surface area contributed by atoms with Crippen LogP contribution in [0.5, 0.6) is 0 Å². The van der Waals surface area contributed by atoms with Gasteiger partial charge in [-0.3, -0.25) is 4.79 Å². The topological polar surface area (TPSA) is 66.5 Å². The van der Waals surface area contributed by atoms with E-state index in [1.807, 2.05) is 29.2 Å². The Morgan fingerprint density at radius 1 is 1.12 bits per heavy atom. The van der Waals surface area contributed by atoms with E-state index in [0.29, 0.717) is 6.42 Å². The van der Waals surface area contributed by atoms with Gasteiger partial charge in [-0.1, -0.05) is 31.4 Å². The van der Waals surface area contributed by atoms with Crippen molar-refractivity contribution in [3.63, 3.8) is 0 Å². The quantitative estimate of drug-likeness (QED) is 0.664. The third kappa shape index (κ3) is 4.87. The number of benzene rings is 1. The third-order valence-electron chi connectivity index (χ3n) is 5.16. The Labute approximate surface area is 163 Å². The summed E-state index contributed by atoms with van der Waals surface area (Å²) in [6.45, 7) is 0.215. The van der Waals surface area contributed by atoms with Gasteiger partial charge in [0.1, 0.15) is 0 Å². The van der Waals surface area contributed by atoms with Crippen molar-refractivity contribution in [2.45, 2.75) is 50.6 Å². The third-order valence-corrected chi connectivity index (χ3v) is 7.85. The summed E-state index contributed by atoms with van der Waals surface area (Å²) in [6, 6.07) is 7.90. The predicted octanol–water partition coefficient (Wildman–Crippen LogP) is 3.05. The lowest BCUT2D eigenvalue weighted by molar-refractivity contribution is -0.134. The Morgan fingerprint density at radius 2 is 1.84 bits per heavy atom. The van der Waals surface area contributed by atoms with E-state index < -0.39 is 9.84 Å². The number of para-hydroxylation sites is 1. The van der Waals surface area contributed by atoms with Crippen molar-refractivity contribution in [3.8, 4) is 0 Å². The first-order valence-corrected chi connectivity index (χ1v) is 11.9. The van der Waals surface area contributed by atoms with Crippen LogP contribution in [0.2, 0.25) is 0 Å². The summed E-state index contributed by atoms with van der Waals surface area (Å²) >= 11 is 2.24. The Hall–Kier alpha value is -0.830. The molecule has 1 atom stereocenters. The number of hydrogen-bond donors (Lipinski definition) is 1. The van der Waals surface area contributed by atoms with Crippen LogP contribution in [0, 0.1) is 3.57 Å². The number of carbonyl (C=O) groups is 1. The molecule has 1 aliphatic carbocycles. The maximum Gasteiger partial charge on any atom is 0.242 e. The predicted molar refractivity (Wildman–Crippen MR) is 108 cm³/mol. The summed E-state index contributed by atoms with van der Waals surface area (Å²) in [5.74, 6) is 0.352. The van der Waals surface area contributed by atoms with E-state index in [1.165, 1.54) is 6.42 Å². The fourth-order valence-electron chi connectivity index (χ4n) is 3.93. The van der Waals surface area contributed by atoms with Crippen LogP contribution in [0.15, 0.2) is 24.3 Å². The lowest BCUT2D eigenvalue weighted by Gasteiger charge is -2.38. The number of sulfone groups is 1. The largest absolute Gasteiger partial charge is 0.375 e. The number of amides is 1. The monoisotopic (exact) mass is 476 g/mol. The van der Waals surface area contributed by atoms with Crippen molar-refractivity contribution >= 4 is 44.0 Å². The van der Waals surface area contributed by atoms with Gasteiger partial charge in [-0.2, -0.15) is 0 Å². The zero-order valence-electron chi connectivity index (χ0n) is 14.3. The molecule has 7 heteroatoms. The molecule has 3 rings (SSSR count). The lowest BCUT2D eigenvalue weighted by atomic mass is 9.93. The molecule has 0 spiro atoms. The molecule has 1 aliphatic heterocycles. The van der Waals surface area contributed by atoms with E-state index in [0.717, 1.165) is 34.9 Å². The van der Waals surface area contributed by atoms with Gasteiger partial charge in [-0.05, 0) is 54.0 Å². The van der Waals surface area contributed by atoms with Crippen LogP contribution in [-0.4, -0.2) is 49.4 Å². The van der Waals surface area contributed by atoms with Crippen molar-refractivity contribution in [2.75, 3.05) is 23.4 Å². The van der Waals surface area contributed by atoms with Gasteiger partial charge < -0.3 is 10.2 Å². The van der Waals surface area contributed by atoms with Gasteiger partial charge in [0.25, 0.3) is 0 Å². The average molecular weight is 476 g/mol. The first kappa shape index (κ1) is 18.9. The maximum absolute atomic E-state index is 13.0. The summed E-state index contributed by atoms with van der Waals surface area (Å²) in [6.07, 6.45) is 6.02. The standard InChI is InChI=1S/C18H25IN2O3S/c19-16-8-4-5-9-17(16)20-12-18(22)21(14-6-2-1-3-7-14)15-10-11-25(23,24)13-15/h4-5,8-9,14-15,20H,1-3,6-7,10-13H2. The fraction of sp³-hybridized carbons (Fsp3) is 0.611. The normalized spacial score (nSPS) is 23.3. The number of carbonyl (C=O) groups excluding carboxylic acids is 1. The first-order chi connectivity index (χ1) is 12.0. The van der Waals surface area contributed by atoms with E-state index in [4.69, 9.17) is 0 Å². The molecule has 0 bridgehead atoms. The first-order valence-electron chi connectivity index (χ1n) is 8.96. The zero-order valence-corrected chi connectivity index (χ0v) is 17.3. The van der Waals surface area contributed by atoms with Crippen molar-refractivity contribution in [1.82, 2.24) is 4.90 Å². The highest BCUT2D eigenvalue weighted by Crippen LogP contribution is 2.28. The highest BCUT2D eigenvalue weighted by Gasteiger charge is 2.38. The molecule has 1 unspecified atom stereocenters. The van der Waals surface area contributed by atoms with Crippen molar-refractivity contribution in [1.29, 1.82) is 0 Å². The molecule has 138 valence electrons. The minimum atomic E-state index is -3.00. The second kappa shape index (κ2) is 8.24. The highest BCUT2D eigenvalue weighted by molar-refractivity contribution is 14.1. The van der Waals surface area contributed by atoms with Gasteiger partial charge in [0.15, 0.2) is 9.84 Å². The molecular weight excluding hydrogens is 451 g/mol. The van der Waals surface area contributed by atoms with E-state index in [1.54, 1.807) is 0 Å². The molecule has 1 aromatic rings. The molecule has 1 N–H and O–H groups in total. The SMILES string of the molecule is O=C(CNc1ccccc1I)N(C1CCCCC1)C1CCS(=O)(=O)C1. The minimum absolute atomic E-state index is 0.0219. The van der Waals surface area contributed by atoms with Crippen LogP contribution in [0.3, 0.4) is 0 Å². The second-order valence-corrected chi connectivity index (χ2v) is 10.4. The number of anilines is 1. The summed E-state index contributed by atoms with van der Waals surface area (Å²) in [4.78, 5) is 14.9. The summed E-state index contributed by atoms with van der Waals surface area (Å²) in [5.41, 5.74) is 0.944. The molecule has 1 amide bonds. The highest BCUT2D eigenvalue weighted by atomic mass is 127. The van der Waals surface area contributed by atoms with Crippen LogP contribution in [0.1, 0.15) is 38.5 Å². The summed E-state index contributed by atoms with van der Waals surface area (Å²) in [5, 5.41) is 3.23. The van der Waals surface area contributed by atoms with Crippen LogP contribution in [0.4, 0.5) is 5.69 Å². The Kier molecular flexibility index (Phi) is 6.25. The smallest absolute Gasteiger partial charge is 0.242 e. The van der Waals surface area contributed by atoms with Gasteiger partial charge in [0, 0.05) is 21.3 Å². The average Bonchev–Trinajstić information content (AvgIpc) is 2.95. The Balaban J connectivity index is 1.71. The van der Waals surface area contributed by atoms with Gasteiger partial charge in [0.2, 0.25) is 5.91 Å². The molecule has 25 heavy (non-hydrogen) atoms. The molecule has 0 radical (unpaired) electrons. The molecule has 1 heterocycles. The molecule has 1 saturated carbocycles. The molecule has 1 saturated heterocycles. The van der Waals surface area contributed by atoms with Crippen molar-refractivity contribution < 1.29 is 13.2 Å². The van der Waals surface area contributed by atoms with Gasteiger partial charge in [0.05, 0.1) is 18.1 Å². The van der Waals surface area contributed by atoms with Crippen LogP contribution < -0.4 is 5.32 Å². The zero-order chi connectivity index (χ0) is 17.9. The number of nitrogens with one attached hydrogen (secondary N) is 1. The van der Waals surface area contributed by atoms with E-state index in [2.05, 4.69) is 27.9 Å². The Morgan fingerprint density at radius 3 is 2.48 bits per heavy atom. The van der Waals surface area contributed by atoms with Gasteiger partial charge >= 0.3 is 0 Å². The van der Waals surface area contributed by atoms with Crippen LogP contribution in [-0.2, 0) is 14.6 Å². The molecule has 2 aliphatic rings. The van der Waals surface area contributed by atoms with Crippen LogP contribution in [0.25, 0.3) is 0 Å². The number of nitrogens with zero attached hydrogens (tertiary/aromatic N) is 1. The second-order valence-electron chi connectivity index (χ2n) is 6.98. The van der Waals surface area contributed by atoms with E-state index in [9.17, 15) is 13.2 Å². The molecule has 1 aromatic carbocycles. The summed E-state index contributed by atoms with van der Waals surface area (Å²) < 4.78 is 24.9. The van der Waals surface area contributed by atoms with Crippen molar-refractivity contribution in [2.24, 2.45) is 0 Å². The van der Waals surface area contributed by atoms with Gasteiger partial charge in [-0.25, -0.2) is 8.42 Å². The lowest BCUT2D eigenvalue weighted by Crippen LogP contribution is -2.50. The molecular formula is C18H25IN2O3S. The molecule has 5 nitrogen and oxygen atoms in total. The number of hydrogen-bond acceptors (Lipinski definition) is 4. The van der Waals surface area contributed by atoms with Gasteiger partial charge in [-0.15, -0.1) is 0 Å². The van der Waals surface area contributed by atoms with E-state index in [-0.39, 0.29) is 36.0 Å². The number of halogens is 1. The summed E-state index contributed by atoms with van der Waals surface area (Å²) in [7, 11) is -3.00. The van der Waals surface area contributed by atoms with Crippen molar-refractivity contribution in [3.05, 3.63) is 27.8 Å². The number of rotatable bonds is 5.